The largest absolute Gasteiger partial charge is 0.338 e. The number of nitrogens with two attached hydrogens (primary N) is 1. The summed E-state index contributed by atoms with van der Waals surface area (Å²) in [7, 11) is 1.95. The molecule has 0 bridgehead atoms. The Hall–Kier alpha value is -1.43. The van der Waals surface area contributed by atoms with Crippen LogP contribution in [0.1, 0.15) is 17.4 Å². The summed E-state index contributed by atoms with van der Waals surface area (Å²) in [6, 6.07) is 3.66. The van der Waals surface area contributed by atoms with Gasteiger partial charge in [-0.05, 0) is 17.7 Å². The molecular weight excluding hydrogens is 238 g/mol. The number of imidazole rings is 1. The SMILES string of the molecule is Cn1ccnc1CC(NN)c1ccnc(Cl)c1. The van der Waals surface area contributed by atoms with Gasteiger partial charge in [0.15, 0.2) is 0 Å². The number of hydrogen-bond donors (Lipinski definition) is 2. The van der Waals surface area contributed by atoms with Gasteiger partial charge in [0.1, 0.15) is 11.0 Å². The second-order valence-corrected chi connectivity index (χ2v) is 4.18. The quantitative estimate of drug-likeness (QED) is 0.487. The Morgan fingerprint density at radius 2 is 2.29 bits per heavy atom. The van der Waals surface area contributed by atoms with Crippen LogP contribution in [0, 0.1) is 0 Å². The summed E-state index contributed by atoms with van der Waals surface area (Å²) in [6.07, 6.45) is 6.03. The molecule has 1 atom stereocenters. The predicted molar refractivity (Wildman–Crippen MR) is 66.2 cm³/mol. The Bertz CT molecular complexity index is 496. The number of aryl methyl sites for hydroxylation is 1. The van der Waals surface area contributed by atoms with E-state index in [4.69, 9.17) is 17.4 Å². The number of rotatable bonds is 4. The van der Waals surface area contributed by atoms with Crippen molar-refractivity contribution < 1.29 is 0 Å². The average Bonchev–Trinajstić information content (AvgIpc) is 2.71. The van der Waals surface area contributed by atoms with E-state index in [9.17, 15) is 0 Å². The van der Waals surface area contributed by atoms with Crippen LogP contribution in [0.25, 0.3) is 0 Å². The molecule has 0 saturated heterocycles. The zero-order valence-corrected chi connectivity index (χ0v) is 10.2. The fraction of sp³-hybridized carbons (Fsp3) is 0.273. The highest BCUT2D eigenvalue weighted by Crippen LogP contribution is 2.18. The number of nitrogens with one attached hydrogen (secondary N) is 1. The molecule has 0 saturated carbocycles. The summed E-state index contributed by atoms with van der Waals surface area (Å²) in [5.74, 6) is 6.53. The molecule has 90 valence electrons. The molecule has 0 spiro atoms. The van der Waals surface area contributed by atoms with Crippen molar-refractivity contribution in [3.05, 3.63) is 47.3 Å². The lowest BCUT2D eigenvalue weighted by atomic mass is 10.1. The van der Waals surface area contributed by atoms with Gasteiger partial charge in [-0.1, -0.05) is 11.6 Å². The van der Waals surface area contributed by atoms with Crippen molar-refractivity contribution in [3.63, 3.8) is 0 Å². The molecule has 2 rings (SSSR count). The molecule has 0 aliphatic heterocycles. The second-order valence-electron chi connectivity index (χ2n) is 3.79. The summed E-state index contributed by atoms with van der Waals surface area (Å²) in [5.41, 5.74) is 3.77. The van der Waals surface area contributed by atoms with E-state index in [-0.39, 0.29) is 6.04 Å². The van der Waals surface area contributed by atoms with Crippen LogP contribution in [0.4, 0.5) is 0 Å². The summed E-state index contributed by atoms with van der Waals surface area (Å²) in [5, 5.41) is 0.461. The van der Waals surface area contributed by atoms with Crippen LogP contribution < -0.4 is 11.3 Å². The van der Waals surface area contributed by atoms with E-state index in [1.807, 2.05) is 23.9 Å². The summed E-state index contributed by atoms with van der Waals surface area (Å²) >= 11 is 5.86. The number of pyridine rings is 1. The maximum atomic E-state index is 5.86. The van der Waals surface area contributed by atoms with E-state index in [0.29, 0.717) is 11.6 Å². The first-order valence-electron chi connectivity index (χ1n) is 5.24. The maximum Gasteiger partial charge on any atom is 0.129 e. The van der Waals surface area contributed by atoms with Gasteiger partial charge in [-0.2, -0.15) is 0 Å². The molecule has 0 aromatic carbocycles. The van der Waals surface area contributed by atoms with E-state index in [1.54, 1.807) is 18.5 Å². The van der Waals surface area contributed by atoms with Crippen molar-refractivity contribution in [1.82, 2.24) is 20.0 Å². The highest BCUT2D eigenvalue weighted by molar-refractivity contribution is 6.29. The van der Waals surface area contributed by atoms with Gasteiger partial charge < -0.3 is 4.57 Å². The van der Waals surface area contributed by atoms with Crippen molar-refractivity contribution in [1.29, 1.82) is 0 Å². The number of halogens is 1. The molecule has 5 nitrogen and oxygen atoms in total. The minimum absolute atomic E-state index is 0.0309. The second kappa shape index (κ2) is 5.27. The van der Waals surface area contributed by atoms with Gasteiger partial charge in [-0.3, -0.25) is 11.3 Å². The molecule has 2 heterocycles. The summed E-state index contributed by atoms with van der Waals surface area (Å²) in [4.78, 5) is 8.22. The summed E-state index contributed by atoms with van der Waals surface area (Å²) < 4.78 is 1.97. The predicted octanol–water partition coefficient (Wildman–Crippen LogP) is 1.22. The lowest BCUT2D eigenvalue weighted by Gasteiger charge is -2.16. The molecule has 0 fully saturated rings. The molecule has 1 unspecified atom stereocenters. The number of hydrazine groups is 1. The highest BCUT2D eigenvalue weighted by atomic mass is 35.5. The Morgan fingerprint density at radius 1 is 1.47 bits per heavy atom. The molecule has 0 radical (unpaired) electrons. The number of nitrogens with zero attached hydrogens (tertiary/aromatic N) is 3. The zero-order chi connectivity index (χ0) is 12.3. The van der Waals surface area contributed by atoms with Gasteiger partial charge in [0, 0.05) is 32.1 Å². The topological polar surface area (TPSA) is 68.8 Å². The molecule has 17 heavy (non-hydrogen) atoms. The lowest BCUT2D eigenvalue weighted by Crippen LogP contribution is -2.30. The molecule has 2 aromatic heterocycles. The van der Waals surface area contributed by atoms with Crippen LogP contribution >= 0.6 is 11.6 Å². The normalized spacial score (nSPS) is 12.6. The lowest BCUT2D eigenvalue weighted by molar-refractivity contribution is 0.530. The van der Waals surface area contributed by atoms with E-state index in [2.05, 4.69) is 15.4 Å². The maximum absolute atomic E-state index is 5.86. The Morgan fingerprint density at radius 3 is 2.88 bits per heavy atom. The van der Waals surface area contributed by atoms with E-state index >= 15 is 0 Å². The smallest absolute Gasteiger partial charge is 0.129 e. The van der Waals surface area contributed by atoms with Gasteiger partial charge in [0.05, 0.1) is 6.04 Å². The van der Waals surface area contributed by atoms with Crippen molar-refractivity contribution in [2.24, 2.45) is 12.9 Å². The molecule has 2 aromatic rings. The van der Waals surface area contributed by atoms with Gasteiger partial charge in [0.2, 0.25) is 0 Å². The fourth-order valence-electron chi connectivity index (χ4n) is 1.68. The van der Waals surface area contributed by atoms with Gasteiger partial charge in [-0.25, -0.2) is 9.97 Å². The van der Waals surface area contributed by atoms with Crippen LogP contribution in [-0.2, 0) is 13.5 Å². The molecule has 6 heteroatoms. The standard InChI is InChI=1S/C11H14ClN5/c1-17-5-4-15-11(17)7-9(16-13)8-2-3-14-10(12)6-8/h2-6,9,16H,7,13H2,1H3. The van der Waals surface area contributed by atoms with Crippen molar-refractivity contribution in [2.75, 3.05) is 0 Å². The van der Waals surface area contributed by atoms with Crippen molar-refractivity contribution in [3.8, 4) is 0 Å². The van der Waals surface area contributed by atoms with E-state index in [0.717, 1.165) is 11.4 Å². The van der Waals surface area contributed by atoms with Gasteiger partial charge >= 0.3 is 0 Å². The van der Waals surface area contributed by atoms with Crippen LogP contribution in [-0.4, -0.2) is 14.5 Å². The van der Waals surface area contributed by atoms with E-state index in [1.165, 1.54) is 0 Å². The third kappa shape index (κ3) is 2.82. The zero-order valence-electron chi connectivity index (χ0n) is 9.47. The third-order valence-corrected chi connectivity index (χ3v) is 2.87. The average molecular weight is 252 g/mol. The number of aromatic nitrogens is 3. The van der Waals surface area contributed by atoms with Crippen LogP contribution in [0.3, 0.4) is 0 Å². The Balaban J connectivity index is 2.20. The van der Waals surface area contributed by atoms with E-state index < -0.39 is 0 Å². The van der Waals surface area contributed by atoms with Gasteiger partial charge in [0.25, 0.3) is 0 Å². The fourth-order valence-corrected chi connectivity index (χ4v) is 1.87. The molecule has 0 aliphatic carbocycles. The molecular formula is C11H14ClN5. The first kappa shape index (κ1) is 12.0. The van der Waals surface area contributed by atoms with Crippen molar-refractivity contribution in [2.45, 2.75) is 12.5 Å². The highest BCUT2D eigenvalue weighted by Gasteiger charge is 2.13. The minimum atomic E-state index is -0.0309. The first-order valence-corrected chi connectivity index (χ1v) is 5.62. The van der Waals surface area contributed by atoms with Gasteiger partial charge in [-0.15, -0.1) is 0 Å². The molecule has 0 amide bonds. The van der Waals surface area contributed by atoms with Crippen LogP contribution in [0.2, 0.25) is 5.15 Å². The Labute approximate surface area is 105 Å². The monoisotopic (exact) mass is 251 g/mol. The number of hydrogen-bond acceptors (Lipinski definition) is 4. The Kier molecular flexibility index (Phi) is 3.73. The van der Waals surface area contributed by atoms with Crippen molar-refractivity contribution >= 4 is 11.6 Å². The van der Waals surface area contributed by atoms with Crippen LogP contribution in [0.15, 0.2) is 30.7 Å². The van der Waals surface area contributed by atoms with Crippen LogP contribution in [0.5, 0.6) is 0 Å². The molecule has 0 aliphatic rings. The summed E-state index contributed by atoms with van der Waals surface area (Å²) in [6.45, 7) is 0. The first-order chi connectivity index (χ1) is 8.20. The minimum Gasteiger partial charge on any atom is -0.338 e. The third-order valence-electron chi connectivity index (χ3n) is 2.66. The molecule has 3 N–H and O–H groups in total.